The van der Waals surface area contributed by atoms with Gasteiger partial charge in [0.1, 0.15) is 12.8 Å². The Bertz CT molecular complexity index is 756. The van der Waals surface area contributed by atoms with Crippen molar-refractivity contribution < 1.29 is 9.63 Å². The molecule has 4 N–H and O–H groups in total. The van der Waals surface area contributed by atoms with Gasteiger partial charge in [-0.15, -0.1) is 0 Å². The van der Waals surface area contributed by atoms with Crippen LogP contribution in [0.2, 0.25) is 5.02 Å². The number of hydrogen-bond acceptors (Lipinski definition) is 4. The highest BCUT2D eigenvalue weighted by molar-refractivity contribution is 6.31. The molecular formula is C16H19ClN4O2. The van der Waals surface area contributed by atoms with Crippen LogP contribution in [-0.4, -0.2) is 35.8 Å². The van der Waals surface area contributed by atoms with Gasteiger partial charge in [-0.3, -0.25) is 4.79 Å². The highest BCUT2D eigenvalue weighted by Crippen LogP contribution is 2.21. The first-order valence-electron chi connectivity index (χ1n) is 7.50. The first-order chi connectivity index (χ1) is 11.1. The van der Waals surface area contributed by atoms with E-state index in [1.807, 2.05) is 12.1 Å². The number of carbonyl (C=O) groups is 1. The Morgan fingerprint density at radius 1 is 1.48 bits per heavy atom. The molecule has 1 aromatic carbocycles. The van der Waals surface area contributed by atoms with E-state index in [9.17, 15) is 4.79 Å². The lowest BCUT2D eigenvalue weighted by Crippen LogP contribution is -2.51. The summed E-state index contributed by atoms with van der Waals surface area (Å²) in [6, 6.07) is 7.02. The van der Waals surface area contributed by atoms with Crippen LogP contribution in [-0.2, 0) is 4.84 Å². The Morgan fingerprint density at radius 2 is 2.30 bits per heavy atom. The van der Waals surface area contributed by atoms with Gasteiger partial charge in [0.25, 0.3) is 5.91 Å². The smallest absolute Gasteiger partial charge is 0.268 e. The van der Waals surface area contributed by atoms with E-state index in [1.54, 1.807) is 12.1 Å². The topological polar surface area (TPSA) is 92.5 Å². The van der Waals surface area contributed by atoms with Crippen LogP contribution in [0.1, 0.15) is 29.8 Å². The van der Waals surface area contributed by atoms with Crippen molar-refractivity contribution in [3.05, 3.63) is 35.0 Å². The fourth-order valence-electron chi connectivity index (χ4n) is 2.92. The summed E-state index contributed by atoms with van der Waals surface area (Å²) in [5, 5.41) is 8.50. The van der Waals surface area contributed by atoms with E-state index in [0.717, 1.165) is 29.5 Å². The van der Waals surface area contributed by atoms with E-state index in [1.165, 1.54) is 7.11 Å². The number of nitrogens with zero attached hydrogens (tertiary/aromatic N) is 1. The van der Waals surface area contributed by atoms with Crippen LogP contribution in [0.4, 0.5) is 0 Å². The van der Waals surface area contributed by atoms with Gasteiger partial charge in [-0.05, 0) is 37.1 Å². The minimum atomic E-state index is -0.166. The third-order valence-corrected chi connectivity index (χ3v) is 4.33. The van der Waals surface area contributed by atoms with E-state index >= 15 is 0 Å². The van der Waals surface area contributed by atoms with Gasteiger partial charge in [0.05, 0.1) is 5.71 Å². The molecule has 1 aliphatic carbocycles. The standard InChI is InChI=1S/C16H19ClN4O2/c1-23-21-11-3-5-14(12(18)8-11)20-16(22)15-7-9-6-10(17)2-4-13(9)19-15/h2,4,6-7,12,14,19H,3,5,8,18H2,1H3,(H,20,22)/b21-11-. The predicted octanol–water partition coefficient (Wildman–Crippen LogP) is 2.43. The van der Waals surface area contributed by atoms with Gasteiger partial charge < -0.3 is 20.9 Å². The number of hydrogen-bond donors (Lipinski definition) is 3. The SMILES string of the molecule is CO/N=C1/CCC(NC(=O)c2cc3cc(Cl)ccc3[nH]2)C(N)C1. The molecule has 0 radical (unpaired) electrons. The molecule has 1 aromatic heterocycles. The molecule has 1 aliphatic rings. The number of halogens is 1. The minimum Gasteiger partial charge on any atom is -0.399 e. The van der Waals surface area contributed by atoms with E-state index in [-0.39, 0.29) is 18.0 Å². The molecular weight excluding hydrogens is 316 g/mol. The van der Waals surface area contributed by atoms with Gasteiger partial charge in [-0.2, -0.15) is 0 Å². The van der Waals surface area contributed by atoms with Crippen LogP contribution in [0, 0.1) is 0 Å². The fourth-order valence-corrected chi connectivity index (χ4v) is 3.10. The van der Waals surface area contributed by atoms with Crippen LogP contribution in [0.15, 0.2) is 29.4 Å². The van der Waals surface area contributed by atoms with Gasteiger partial charge in [0.2, 0.25) is 0 Å². The van der Waals surface area contributed by atoms with Crippen LogP contribution < -0.4 is 11.1 Å². The summed E-state index contributed by atoms with van der Waals surface area (Å²) in [4.78, 5) is 20.3. The van der Waals surface area contributed by atoms with E-state index in [2.05, 4.69) is 15.5 Å². The van der Waals surface area contributed by atoms with Crippen molar-refractivity contribution in [3.63, 3.8) is 0 Å². The first-order valence-corrected chi connectivity index (χ1v) is 7.88. The third kappa shape index (κ3) is 3.48. The van der Waals surface area contributed by atoms with Crippen molar-refractivity contribution in [2.75, 3.05) is 7.11 Å². The number of H-pyrrole nitrogens is 1. The fraction of sp³-hybridized carbons (Fsp3) is 0.375. The van der Waals surface area contributed by atoms with Crippen molar-refractivity contribution in [1.82, 2.24) is 10.3 Å². The number of amides is 1. The van der Waals surface area contributed by atoms with E-state index in [4.69, 9.17) is 22.2 Å². The van der Waals surface area contributed by atoms with Crippen molar-refractivity contribution >= 4 is 34.1 Å². The molecule has 7 heteroatoms. The number of carbonyl (C=O) groups excluding carboxylic acids is 1. The number of fused-ring (bicyclic) bond motifs is 1. The average molecular weight is 335 g/mol. The Hall–Kier alpha value is -2.05. The molecule has 6 nitrogen and oxygen atoms in total. The first kappa shape index (κ1) is 15.8. The highest BCUT2D eigenvalue weighted by atomic mass is 35.5. The maximum atomic E-state index is 12.4. The molecule has 122 valence electrons. The van der Waals surface area contributed by atoms with Crippen LogP contribution >= 0.6 is 11.6 Å². The van der Waals surface area contributed by atoms with Crippen molar-refractivity contribution in [2.24, 2.45) is 10.9 Å². The summed E-state index contributed by atoms with van der Waals surface area (Å²) in [5.41, 5.74) is 8.46. The van der Waals surface area contributed by atoms with Crippen LogP contribution in [0.3, 0.4) is 0 Å². The number of rotatable bonds is 3. The molecule has 2 atom stereocenters. The molecule has 23 heavy (non-hydrogen) atoms. The lowest BCUT2D eigenvalue weighted by atomic mass is 9.89. The summed E-state index contributed by atoms with van der Waals surface area (Å²) in [5.74, 6) is -0.162. The summed E-state index contributed by atoms with van der Waals surface area (Å²) < 4.78 is 0. The average Bonchev–Trinajstić information content (AvgIpc) is 2.93. The maximum absolute atomic E-state index is 12.4. The second-order valence-electron chi connectivity index (χ2n) is 5.74. The zero-order valence-electron chi connectivity index (χ0n) is 12.8. The molecule has 2 unspecified atom stereocenters. The molecule has 0 aliphatic heterocycles. The summed E-state index contributed by atoms with van der Waals surface area (Å²) >= 11 is 5.97. The second-order valence-corrected chi connectivity index (χ2v) is 6.18. The van der Waals surface area contributed by atoms with Crippen LogP contribution in [0.5, 0.6) is 0 Å². The van der Waals surface area contributed by atoms with Crippen molar-refractivity contribution in [2.45, 2.75) is 31.3 Å². The van der Waals surface area contributed by atoms with Crippen LogP contribution in [0.25, 0.3) is 10.9 Å². The summed E-state index contributed by atoms with van der Waals surface area (Å²) in [6.07, 6.45) is 2.15. The lowest BCUT2D eigenvalue weighted by molar-refractivity contribution is 0.0922. The zero-order chi connectivity index (χ0) is 16.4. The Labute approximate surface area is 139 Å². The van der Waals surface area contributed by atoms with Gasteiger partial charge >= 0.3 is 0 Å². The second kappa shape index (κ2) is 6.60. The number of aromatic amines is 1. The molecule has 1 saturated carbocycles. The van der Waals surface area contributed by atoms with Gasteiger partial charge in [-0.25, -0.2) is 0 Å². The largest absolute Gasteiger partial charge is 0.399 e. The lowest BCUT2D eigenvalue weighted by Gasteiger charge is -2.29. The minimum absolute atomic E-state index is 0.0756. The third-order valence-electron chi connectivity index (χ3n) is 4.10. The molecule has 1 heterocycles. The Morgan fingerprint density at radius 3 is 3.04 bits per heavy atom. The van der Waals surface area contributed by atoms with E-state index < -0.39 is 0 Å². The molecule has 0 saturated heterocycles. The van der Waals surface area contributed by atoms with Crippen molar-refractivity contribution in [3.8, 4) is 0 Å². The summed E-state index contributed by atoms with van der Waals surface area (Å²) in [7, 11) is 1.52. The molecule has 0 bridgehead atoms. The predicted molar refractivity (Wildman–Crippen MR) is 90.8 cm³/mol. The van der Waals surface area contributed by atoms with E-state index in [0.29, 0.717) is 17.1 Å². The number of aromatic nitrogens is 1. The van der Waals surface area contributed by atoms with Crippen molar-refractivity contribution in [1.29, 1.82) is 0 Å². The quantitative estimate of drug-likeness (QED) is 0.753. The Balaban J connectivity index is 1.69. The van der Waals surface area contributed by atoms with Gasteiger partial charge in [0, 0.05) is 34.4 Å². The number of nitrogens with one attached hydrogen (secondary N) is 2. The molecule has 2 aromatic rings. The molecule has 1 fully saturated rings. The molecule has 0 spiro atoms. The summed E-state index contributed by atoms with van der Waals surface area (Å²) in [6.45, 7) is 0. The van der Waals surface area contributed by atoms with Gasteiger partial charge in [-0.1, -0.05) is 16.8 Å². The number of nitrogens with two attached hydrogens (primary N) is 1. The van der Waals surface area contributed by atoms with Gasteiger partial charge in [0.15, 0.2) is 0 Å². The normalized spacial score (nSPS) is 23.2. The monoisotopic (exact) mass is 334 g/mol. The molecule has 3 rings (SSSR count). The highest BCUT2D eigenvalue weighted by Gasteiger charge is 2.27. The Kier molecular flexibility index (Phi) is 4.54. The zero-order valence-corrected chi connectivity index (χ0v) is 13.6. The maximum Gasteiger partial charge on any atom is 0.268 e. The number of oxime groups is 1. The number of benzene rings is 1. The molecule has 1 amide bonds.